The summed E-state index contributed by atoms with van der Waals surface area (Å²) < 4.78 is 11.0. The molecule has 3 aromatic rings. The van der Waals surface area contributed by atoms with E-state index in [0.717, 1.165) is 21.6 Å². The molecule has 0 aliphatic heterocycles. The predicted molar refractivity (Wildman–Crippen MR) is 104 cm³/mol. The minimum absolute atomic E-state index is 0.0547. The molecule has 0 aliphatic carbocycles. The second-order valence-electron chi connectivity index (χ2n) is 5.75. The highest BCUT2D eigenvalue weighted by Gasteiger charge is 2.16. The molecule has 144 valence electrons. The van der Waals surface area contributed by atoms with Crippen molar-refractivity contribution in [2.75, 3.05) is 13.7 Å². The SMILES string of the molecule is COc1ccccc1CNC(=O)COC(=O)c1cc2cc([N+](=O)[O-])ccc2s1. The zero-order valence-corrected chi connectivity index (χ0v) is 15.7. The van der Waals surface area contributed by atoms with Gasteiger partial charge in [0.15, 0.2) is 6.61 Å². The summed E-state index contributed by atoms with van der Waals surface area (Å²) in [6.45, 7) is -0.185. The number of para-hydroxylation sites is 1. The molecule has 0 unspecified atom stereocenters. The van der Waals surface area contributed by atoms with Crippen molar-refractivity contribution in [3.05, 3.63) is 69.1 Å². The first-order valence-corrected chi connectivity index (χ1v) is 9.03. The maximum Gasteiger partial charge on any atom is 0.348 e. The summed E-state index contributed by atoms with van der Waals surface area (Å²) in [6.07, 6.45) is 0. The van der Waals surface area contributed by atoms with Gasteiger partial charge in [-0.25, -0.2) is 4.79 Å². The van der Waals surface area contributed by atoms with E-state index in [0.29, 0.717) is 11.1 Å². The molecule has 0 saturated carbocycles. The predicted octanol–water partition coefficient (Wildman–Crippen LogP) is 3.29. The Labute approximate surface area is 163 Å². The van der Waals surface area contributed by atoms with Crippen LogP contribution in [0.3, 0.4) is 0 Å². The smallest absolute Gasteiger partial charge is 0.348 e. The van der Waals surface area contributed by atoms with E-state index >= 15 is 0 Å². The minimum Gasteiger partial charge on any atom is -0.496 e. The first-order valence-electron chi connectivity index (χ1n) is 8.21. The van der Waals surface area contributed by atoms with Crippen molar-refractivity contribution in [3.63, 3.8) is 0 Å². The van der Waals surface area contributed by atoms with Gasteiger partial charge in [-0.1, -0.05) is 18.2 Å². The third kappa shape index (κ3) is 4.44. The van der Waals surface area contributed by atoms with Gasteiger partial charge in [-0.3, -0.25) is 14.9 Å². The average molecular weight is 400 g/mol. The molecule has 0 spiro atoms. The number of hydrogen-bond donors (Lipinski definition) is 1. The van der Waals surface area contributed by atoms with Crippen molar-refractivity contribution < 1.29 is 24.0 Å². The van der Waals surface area contributed by atoms with Crippen LogP contribution in [0.1, 0.15) is 15.2 Å². The Morgan fingerprint density at radius 2 is 1.96 bits per heavy atom. The summed E-state index contributed by atoms with van der Waals surface area (Å²) in [5.74, 6) is -0.452. The number of rotatable bonds is 7. The van der Waals surface area contributed by atoms with Gasteiger partial charge < -0.3 is 14.8 Å². The van der Waals surface area contributed by atoms with Gasteiger partial charge in [0, 0.05) is 34.3 Å². The van der Waals surface area contributed by atoms with Gasteiger partial charge in [0.1, 0.15) is 10.6 Å². The van der Waals surface area contributed by atoms with E-state index in [9.17, 15) is 19.7 Å². The number of ether oxygens (including phenoxy) is 2. The number of nitrogens with zero attached hydrogens (tertiary/aromatic N) is 1. The van der Waals surface area contributed by atoms with Crippen LogP contribution in [0.15, 0.2) is 48.5 Å². The Balaban J connectivity index is 1.56. The summed E-state index contributed by atoms with van der Waals surface area (Å²) in [6, 6.07) is 13.1. The van der Waals surface area contributed by atoms with Crippen LogP contribution in [-0.2, 0) is 16.1 Å². The lowest BCUT2D eigenvalue weighted by atomic mass is 10.2. The lowest BCUT2D eigenvalue weighted by Crippen LogP contribution is -2.28. The number of esters is 1. The molecular weight excluding hydrogens is 384 g/mol. The van der Waals surface area contributed by atoms with Crippen molar-refractivity contribution in [1.82, 2.24) is 5.32 Å². The van der Waals surface area contributed by atoms with Gasteiger partial charge in [0.05, 0.1) is 12.0 Å². The number of nitrogens with one attached hydrogen (secondary N) is 1. The lowest BCUT2D eigenvalue weighted by molar-refractivity contribution is -0.384. The van der Waals surface area contributed by atoms with Crippen LogP contribution in [0.25, 0.3) is 10.1 Å². The quantitative estimate of drug-likeness (QED) is 0.370. The molecule has 2 aromatic carbocycles. The van der Waals surface area contributed by atoms with Crippen molar-refractivity contribution in [1.29, 1.82) is 0 Å². The molecule has 0 saturated heterocycles. The Morgan fingerprint density at radius 3 is 2.71 bits per heavy atom. The molecule has 1 N–H and O–H groups in total. The van der Waals surface area contributed by atoms with Gasteiger partial charge >= 0.3 is 5.97 Å². The summed E-state index contributed by atoms with van der Waals surface area (Å²) >= 11 is 1.15. The first-order chi connectivity index (χ1) is 13.5. The number of carbonyl (C=O) groups excluding carboxylic acids is 2. The Morgan fingerprint density at radius 1 is 1.18 bits per heavy atom. The summed E-state index contributed by atoms with van der Waals surface area (Å²) in [5, 5.41) is 14.1. The number of benzene rings is 2. The third-order valence-electron chi connectivity index (χ3n) is 3.91. The molecule has 28 heavy (non-hydrogen) atoms. The molecule has 0 aliphatic rings. The third-order valence-corrected chi connectivity index (χ3v) is 5.01. The Kier molecular flexibility index (Phi) is 5.85. The fraction of sp³-hybridized carbons (Fsp3) is 0.158. The van der Waals surface area contributed by atoms with Crippen LogP contribution < -0.4 is 10.1 Å². The maximum absolute atomic E-state index is 12.2. The average Bonchev–Trinajstić information content (AvgIpc) is 3.14. The first kappa shape index (κ1) is 19.3. The van der Waals surface area contributed by atoms with E-state index in [-0.39, 0.29) is 17.1 Å². The number of nitro groups is 1. The van der Waals surface area contributed by atoms with Crippen LogP contribution in [0.4, 0.5) is 5.69 Å². The topological polar surface area (TPSA) is 108 Å². The van der Waals surface area contributed by atoms with E-state index in [1.165, 1.54) is 18.2 Å². The van der Waals surface area contributed by atoms with E-state index in [1.807, 2.05) is 18.2 Å². The number of amides is 1. The number of nitro benzene ring substituents is 1. The Hall–Kier alpha value is -3.46. The summed E-state index contributed by atoms with van der Waals surface area (Å²) in [5.41, 5.74) is 0.747. The highest BCUT2D eigenvalue weighted by Crippen LogP contribution is 2.29. The van der Waals surface area contributed by atoms with Crippen molar-refractivity contribution in [2.24, 2.45) is 0 Å². The second-order valence-corrected chi connectivity index (χ2v) is 6.84. The van der Waals surface area contributed by atoms with Gasteiger partial charge in [-0.05, 0) is 18.2 Å². The van der Waals surface area contributed by atoms with Crippen LogP contribution in [-0.4, -0.2) is 30.5 Å². The molecule has 0 bridgehead atoms. The van der Waals surface area contributed by atoms with Crippen molar-refractivity contribution >= 4 is 39.0 Å². The van der Waals surface area contributed by atoms with Gasteiger partial charge in [0.2, 0.25) is 0 Å². The van der Waals surface area contributed by atoms with E-state index < -0.39 is 23.4 Å². The molecule has 0 fully saturated rings. The van der Waals surface area contributed by atoms with Crippen LogP contribution in [0, 0.1) is 10.1 Å². The largest absolute Gasteiger partial charge is 0.496 e. The molecular formula is C19H16N2O6S. The number of hydrogen-bond acceptors (Lipinski definition) is 7. The molecule has 0 atom stereocenters. The zero-order valence-electron chi connectivity index (χ0n) is 14.8. The van der Waals surface area contributed by atoms with E-state index in [2.05, 4.69) is 5.32 Å². The van der Waals surface area contributed by atoms with Gasteiger partial charge in [0.25, 0.3) is 11.6 Å². The lowest BCUT2D eigenvalue weighted by Gasteiger charge is -2.09. The number of carbonyl (C=O) groups is 2. The van der Waals surface area contributed by atoms with E-state index in [1.54, 1.807) is 19.2 Å². The van der Waals surface area contributed by atoms with Gasteiger partial charge in [-0.2, -0.15) is 0 Å². The highest BCUT2D eigenvalue weighted by atomic mass is 32.1. The van der Waals surface area contributed by atoms with Crippen molar-refractivity contribution in [2.45, 2.75) is 6.54 Å². The fourth-order valence-electron chi connectivity index (χ4n) is 2.54. The second kappa shape index (κ2) is 8.49. The maximum atomic E-state index is 12.2. The molecule has 3 rings (SSSR count). The van der Waals surface area contributed by atoms with Gasteiger partial charge in [-0.15, -0.1) is 11.3 Å². The number of non-ortho nitro benzene ring substituents is 1. The van der Waals surface area contributed by atoms with Crippen LogP contribution >= 0.6 is 11.3 Å². The monoisotopic (exact) mass is 400 g/mol. The zero-order chi connectivity index (χ0) is 20.1. The minimum atomic E-state index is -0.656. The standard InChI is InChI=1S/C19H16N2O6S/c1-26-15-5-3-2-4-12(15)10-20-18(22)11-27-19(23)17-9-13-8-14(21(24)25)6-7-16(13)28-17/h2-9H,10-11H2,1H3,(H,20,22). The fourth-order valence-corrected chi connectivity index (χ4v) is 3.48. The van der Waals surface area contributed by atoms with Crippen LogP contribution in [0.5, 0.6) is 5.75 Å². The molecule has 1 heterocycles. The molecule has 1 amide bonds. The highest BCUT2D eigenvalue weighted by molar-refractivity contribution is 7.20. The number of fused-ring (bicyclic) bond motifs is 1. The molecule has 1 aromatic heterocycles. The number of thiophene rings is 1. The molecule has 0 radical (unpaired) electrons. The normalized spacial score (nSPS) is 10.5. The Bertz CT molecular complexity index is 1050. The molecule has 9 heteroatoms. The number of methoxy groups -OCH3 is 1. The summed E-state index contributed by atoms with van der Waals surface area (Å²) in [4.78, 5) is 34.7. The van der Waals surface area contributed by atoms with Crippen molar-refractivity contribution in [3.8, 4) is 5.75 Å². The summed E-state index contributed by atoms with van der Waals surface area (Å²) in [7, 11) is 1.54. The van der Waals surface area contributed by atoms with E-state index in [4.69, 9.17) is 9.47 Å². The molecule has 8 nitrogen and oxygen atoms in total. The van der Waals surface area contributed by atoms with Crippen LogP contribution in [0.2, 0.25) is 0 Å².